The third kappa shape index (κ3) is 3.52. The van der Waals surface area contributed by atoms with E-state index in [2.05, 4.69) is 10.1 Å². The number of halogens is 2. The smallest absolute Gasteiger partial charge is 0.264 e. The molecular formula is C11H10Cl2N4O3S. The molecule has 0 aliphatic rings. The summed E-state index contributed by atoms with van der Waals surface area (Å²) in [5, 5.41) is 4.60. The number of carbonyl (C=O) groups excluding carboxylic acids is 1. The van der Waals surface area contributed by atoms with Gasteiger partial charge in [0, 0.05) is 0 Å². The first-order valence-electron chi connectivity index (χ1n) is 5.59. The molecule has 0 aliphatic carbocycles. The number of nitrogens with one attached hydrogen (secondary N) is 1. The zero-order valence-corrected chi connectivity index (χ0v) is 13.3. The van der Waals surface area contributed by atoms with E-state index < -0.39 is 15.9 Å². The number of hydrogen-bond donors (Lipinski definition) is 1. The van der Waals surface area contributed by atoms with Gasteiger partial charge in [-0.05, 0) is 19.1 Å². The molecule has 7 nitrogen and oxygen atoms in total. The lowest BCUT2D eigenvalue weighted by Gasteiger charge is -2.07. The first-order chi connectivity index (χ1) is 9.69. The van der Waals surface area contributed by atoms with Gasteiger partial charge in [0.2, 0.25) is 15.8 Å². The van der Waals surface area contributed by atoms with Gasteiger partial charge in [-0.25, -0.2) is 22.8 Å². The second-order valence-electron chi connectivity index (χ2n) is 4.17. The van der Waals surface area contributed by atoms with Gasteiger partial charge in [0.25, 0.3) is 0 Å². The average Bonchev–Trinajstić information content (AvgIpc) is 2.69. The summed E-state index contributed by atoms with van der Waals surface area (Å²) in [6.07, 6.45) is 0.861. The number of aryl methyl sites for hydroxylation is 1. The molecular weight excluding hydrogens is 339 g/mol. The van der Waals surface area contributed by atoms with Crippen LogP contribution in [-0.2, 0) is 10.0 Å². The minimum atomic E-state index is -3.70. The molecule has 1 aromatic heterocycles. The molecule has 0 atom stereocenters. The van der Waals surface area contributed by atoms with E-state index in [1.807, 2.05) is 0 Å². The SMILES string of the molecule is Cc1nc(C(=O)NS(C)(=O)=O)nn1-c1c(Cl)cccc1Cl. The molecule has 1 amide bonds. The van der Waals surface area contributed by atoms with E-state index in [4.69, 9.17) is 23.2 Å². The lowest BCUT2D eigenvalue weighted by molar-refractivity contribution is 0.0971. The third-order valence-corrected chi connectivity index (χ3v) is 3.57. The van der Waals surface area contributed by atoms with Crippen molar-refractivity contribution in [2.24, 2.45) is 0 Å². The fraction of sp³-hybridized carbons (Fsp3) is 0.182. The summed E-state index contributed by atoms with van der Waals surface area (Å²) in [5.74, 6) is -0.889. The second-order valence-corrected chi connectivity index (χ2v) is 6.73. The van der Waals surface area contributed by atoms with Gasteiger partial charge in [-0.2, -0.15) is 0 Å². The van der Waals surface area contributed by atoms with Crippen molar-refractivity contribution < 1.29 is 13.2 Å². The molecule has 0 spiro atoms. The molecule has 0 fully saturated rings. The van der Waals surface area contributed by atoms with Gasteiger partial charge >= 0.3 is 5.91 Å². The molecule has 10 heteroatoms. The topological polar surface area (TPSA) is 93.9 Å². The summed E-state index contributed by atoms with van der Waals surface area (Å²) in [4.78, 5) is 15.6. The van der Waals surface area contributed by atoms with Gasteiger partial charge in [-0.1, -0.05) is 29.3 Å². The number of para-hydroxylation sites is 1. The first kappa shape index (κ1) is 15.7. The molecule has 0 saturated heterocycles. The molecule has 0 saturated carbocycles. The number of sulfonamides is 1. The van der Waals surface area contributed by atoms with E-state index in [1.165, 1.54) is 4.68 Å². The summed E-state index contributed by atoms with van der Waals surface area (Å²) in [6, 6.07) is 4.89. The lowest BCUT2D eigenvalue weighted by Crippen LogP contribution is -2.30. The minimum absolute atomic E-state index is 0.297. The fourth-order valence-electron chi connectivity index (χ4n) is 1.60. The normalized spacial score (nSPS) is 11.4. The van der Waals surface area contributed by atoms with Gasteiger partial charge in [0.1, 0.15) is 11.5 Å². The number of nitrogens with zero attached hydrogens (tertiary/aromatic N) is 3. The molecule has 1 heterocycles. The highest BCUT2D eigenvalue weighted by molar-refractivity contribution is 7.89. The van der Waals surface area contributed by atoms with Gasteiger partial charge in [-0.3, -0.25) is 4.79 Å². The van der Waals surface area contributed by atoms with E-state index in [0.717, 1.165) is 6.26 Å². The quantitative estimate of drug-likeness (QED) is 0.908. The third-order valence-electron chi connectivity index (χ3n) is 2.40. The predicted octanol–water partition coefficient (Wildman–Crippen LogP) is 1.57. The number of rotatable bonds is 3. The Kier molecular flexibility index (Phi) is 4.22. The zero-order valence-electron chi connectivity index (χ0n) is 11.0. The van der Waals surface area contributed by atoms with Crippen molar-refractivity contribution in [1.29, 1.82) is 0 Å². The van der Waals surface area contributed by atoms with Gasteiger partial charge in [0.15, 0.2) is 0 Å². The molecule has 1 N–H and O–H groups in total. The van der Waals surface area contributed by atoms with Gasteiger partial charge in [-0.15, -0.1) is 5.10 Å². The van der Waals surface area contributed by atoms with Crippen LogP contribution >= 0.6 is 23.2 Å². The maximum Gasteiger partial charge on any atom is 0.304 e. The van der Waals surface area contributed by atoms with Crippen molar-refractivity contribution in [2.45, 2.75) is 6.92 Å². The van der Waals surface area contributed by atoms with E-state index in [-0.39, 0.29) is 5.82 Å². The Morgan fingerprint density at radius 1 is 1.29 bits per heavy atom. The molecule has 0 aliphatic heterocycles. The molecule has 112 valence electrons. The van der Waals surface area contributed by atoms with Crippen molar-refractivity contribution in [3.63, 3.8) is 0 Å². The van der Waals surface area contributed by atoms with Gasteiger partial charge in [0.05, 0.1) is 16.3 Å². The summed E-state index contributed by atoms with van der Waals surface area (Å²) in [6.45, 7) is 1.59. The lowest BCUT2D eigenvalue weighted by atomic mass is 10.3. The Morgan fingerprint density at radius 3 is 2.38 bits per heavy atom. The van der Waals surface area contributed by atoms with Crippen LogP contribution in [0, 0.1) is 6.92 Å². The van der Waals surface area contributed by atoms with Crippen LogP contribution in [0.4, 0.5) is 0 Å². The number of amides is 1. The minimum Gasteiger partial charge on any atom is -0.264 e. The van der Waals surface area contributed by atoms with Crippen LogP contribution in [0.3, 0.4) is 0 Å². The summed E-state index contributed by atoms with van der Waals surface area (Å²) in [5.41, 5.74) is 0.365. The largest absolute Gasteiger partial charge is 0.304 e. The van der Waals surface area contributed by atoms with Crippen LogP contribution in [0.25, 0.3) is 5.69 Å². The van der Waals surface area contributed by atoms with Crippen molar-refractivity contribution >= 4 is 39.1 Å². The number of carbonyl (C=O) groups is 1. The highest BCUT2D eigenvalue weighted by Gasteiger charge is 2.20. The van der Waals surface area contributed by atoms with Crippen LogP contribution in [0.15, 0.2) is 18.2 Å². The molecule has 0 unspecified atom stereocenters. The molecule has 0 radical (unpaired) electrons. The Bertz CT molecular complexity index is 797. The fourth-order valence-corrected chi connectivity index (χ4v) is 2.59. The Balaban J connectivity index is 2.48. The number of benzene rings is 1. The molecule has 0 bridgehead atoms. The highest BCUT2D eigenvalue weighted by Crippen LogP contribution is 2.28. The Hall–Kier alpha value is -1.64. The van der Waals surface area contributed by atoms with Crippen molar-refractivity contribution in [2.75, 3.05) is 6.26 Å². The van der Waals surface area contributed by atoms with E-state index in [0.29, 0.717) is 21.6 Å². The maximum absolute atomic E-state index is 11.7. The predicted molar refractivity (Wildman–Crippen MR) is 78.4 cm³/mol. The summed E-state index contributed by atoms with van der Waals surface area (Å²) in [7, 11) is -3.70. The van der Waals surface area contributed by atoms with Crippen molar-refractivity contribution in [1.82, 2.24) is 19.5 Å². The van der Waals surface area contributed by atoms with Crippen LogP contribution in [0.2, 0.25) is 10.0 Å². The van der Waals surface area contributed by atoms with Crippen LogP contribution in [0.5, 0.6) is 0 Å². The number of aromatic nitrogens is 3. The molecule has 1 aromatic carbocycles. The van der Waals surface area contributed by atoms with Gasteiger partial charge < -0.3 is 0 Å². The highest BCUT2D eigenvalue weighted by atomic mass is 35.5. The van der Waals surface area contributed by atoms with Crippen molar-refractivity contribution in [3.05, 3.63) is 39.9 Å². The van der Waals surface area contributed by atoms with Crippen LogP contribution in [0.1, 0.15) is 16.4 Å². The Labute approximate surface area is 130 Å². The maximum atomic E-state index is 11.7. The Morgan fingerprint density at radius 2 is 1.86 bits per heavy atom. The van der Waals surface area contributed by atoms with E-state index >= 15 is 0 Å². The van der Waals surface area contributed by atoms with Crippen LogP contribution in [-0.4, -0.2) is 35.3 Å². The molecule has 21 heavy (non-hydrogen) atoms. The summed E-state index contributed by atoms with van der Waals surface area (Å²) < 4.78 is 25.2. The van der Waals surface area contributed by atoms with E-state index in [1.54, 1.807) is 29.8 Å². The first-order valence-corrected chi connectivity index (χ1v) is 8.24. The summed E-state index contributed by atoms with van der Waals surface area (Å²) >= 11 is 12.1. The molecule has 2 rings (SSSR count). The average molecular weight is 349 g/mol. The number of hydrogen-bond acceptors (Lipinski definition) is 5. The van der Waals surface area contributed by atoms with E-state index in [9.17, 15) is 13.2 Å². The molecule has 2 aromatic rings. The standard InChI is InChI=1S/C11H10Cl2N4O3S/c1-6-14-10(11(18)16-21(2,19)20)15-17(6)9-7(12)4-3-5-8(9)13/h3-5H,1-2H3,(H,16,18). The zero-order chi connectivity index (χ0) is 15.8. The second kappa shape index (κ2) is 5.63. The monoisotopic (exact) mass is 348 g/mol. The van der Waals surface area contributed by atoms with Crippen LogP contribution < -0.4 is 4.72 Å². The van der Waals surface area contributed by atoms with Crippen molar-refractivity contribution in [3.8, 4) is 5.69 Å².